The Morgan fingerprint density at radius 3 is 2.71 bits per heavy atom. The number of rotatable bonds is 4. The topological polar surface area (TPSA) is 62.2 Å². The molecular formula is C19H15ClN2O2. The number of amides is 1. The molecule has 3 aromatic rings. The zero-order valence-electron chi connectivity index (χ0n) is 12.7. The first-order valence-corrected chi connectivity index (χ1v) is 7.77. The van der Waals surface area contributed by atoms with Gasteiger partial charge < -0.3 is 10.4 Å². The summed E-state index contributed by atoms with van der Waals surface area (Å²) in [7, 11) is 0. The van der Waals surface area contributed by atoms with Crippen molar-refractivity contribution in [3.8, 4) is 11.3 Å². The Morgan fingerprint density at radius 1 is 1.08 bits per heavy atom. The number of aromatic nitrogens is 1. The van der Waals surface area contributed by atoms with E-state index in [4.69, 9.17) is 11.6 Å². The summed E-state index contributed by atoms with van der Waals surface area (Å²) in [5.41, 5.74) is 3.28. The summed E-state index contributed by atoms with van der Waals surface area (Å²) in [5, 5.41) is 12.3. The Kier molecular flexibility index (Phi) is 4.89. The van der Waals surface area contributed by atoms with Gasteiger partial charge in [0, 0.05) is 17.4 Å². The van der Waals surface area contributed by atoms with Gasteiger partial charge in [-0.25, -0.2) is 0 Å². The zero-order valence-corrected chi connectivity index (χ0v) is 13.5. The molecule has 5 heteroatoms. The largest absolute Gasteiger partial charge is 0.392 e. The van der Waals surface area contributed by atoms with Crippen LogP contribution < -0.4 is 5.32 Å². The normalized spacial score (nSPS) is 10.4. The highest BCUT2D eigenvalue weighted by molar-refractivity contribution is 6.34. The molecule has 2 aromatic carbocycles. The minimum atomic E-state index is -0.312. The first-order chi connectivity index (χ1) is 11.7. The van der Waals surface area contributed by atoms with Gasteiger partial charge >= 0.3 is 0 Å². The van der Waals surface area contributed by atoms with E-state index in [2.05, 4.69) is 10.3 Å². The van der Waals surface area contributed by atoms with E-state index in [1.54, 1.807) is 42.6 Å². The summed E-state index contributed by atoms with van der Waals surface area (Å²) in [6, 6.07) is 17.8. The maximum absolute atomic E-state index is 12.5. The molecule has 1 aromatic heterocycles. The molecule has 0 atom stereocenters. The number of carbonyl (C=O) groups excluding carboxylic acids is 1. The molecule has 4 nitrogen and oxygen atoms in total. The lowest BCUT2D eigenvalue weighted by molar-refractivity contribution is 0.102. The number of nitrogens with one attached hydrogen (secondary N) is 1. The Morgan fingerprint density at radius 2 is 1.96 bits per heavy atom. The molecule has 0 saturated carbocycles. The van der Waals surface area contributed by atoms with Crippen molar-refractivity contribution in [2.75, 3.05) is 5.32 Å². The third-order valence-electron chi connectivity index (χ3n) is 3.54. The first kappa shape index (κ1) is 16.2. The molecular weight excluding hydrogens is 324 g/mol. The molecule has 2 N–H and O–H groups in total. The number of benzene rings is 2. The van der Waals surface area contributed by atoms with Crippen LogP contribution in [-0.2, 0) is 6.61 Å². The van der Waals surface area contributed by atoms with Gasteiger partial charge in [-0.15, -0.1) is 0 Å². The average molecular weight is 339 g/mol. The van der Waals surface area contributed by atoms with Gasteiger partial charge in [0.25, 0.3) is 5.91 Å². The predicted molar refractivity (Wildman–Crippen MR) is 95.0 cm³/mol. The number of hydrogen-bond acceptors (Lipinski definition) is 3. The third kappa shape index (κ3) is 3.62. The molecule has 0 bridgehead atoms. The Bertz CT molecular complexity index is 866. The molecule has 3 rings (SSSR count). The van der Waals surface area contributed by atoms with Gasteiger partial charge in [0.05, 0.1) is 22.9 Å². The highest BCUT2D eigenvalue weighted by Crippen LogP contribution is 2.25. The SMILES string of the molecule is O=C(Nc1cccc(CO)c1)c1cc(-c2ccccn2)ccc1Cl. The highest BCUT2D eigenvalue weighted by atomic mass is 35.5. The van der Waals surface area contributed by atoms with Crippen molar-refractivity contribution >= 4 is 23.2 Å². The van der Waals surface area contributed by atoms with E-state index in [-0.39, 0.29) is 12.5 Å². The van der Waals surface area contributed by atoms with Crippen LogP contribution in [0.5, 0.6) is 0 Å². The number of pyridine rings is 1. The summed E-state index contributed by atoms with van der Waals surface area (Å²) < 4.78 is 0. The quantitative estimate of drug-likeness (QED) is 0.751. The lowest BCUT2D eigenvalue weighted by atomic mass is 10.1. The Labute approximate surface area is 144 Å². The lowest BCUT2D eigenvalue weighted by Crippen LogP contribution is -2.12. The van der Waals surface area contributed by atoms with Gasteiger partial charge in [0.1, 0.15) is 0 Å². The molecule has 1 heterocycles. The fourth-order valence-electron chi connectivity index (χ4n) is 2.34. The van der Waals surface area contributed by atoms with Crippen LogP contribution in [0.4, 0.5) is 5.69 Å². The summed E-state index contributed by atoms with van der Waals surface area (Å²) in [5.74, 6) is -0.312. The molecule has 1 amide bonds. The Hall–Kier alpha value is -2.69. The van der Waals surface area contributed by atoms with Gasteiger partial charge in [0.2, 0.25) is 0 Å². The minimum absolute atomic E-state index is 0.0837. The molecule has 0 saturated heterocycles. The number of anilines is 1. The number of aliphatic hydroxyl groups excluding tert-OH is 1. The summed E-state index contributed by atoms with van der Waals surface area (Å²) in [6.07, 6.45) is 1.70. The number of nitrogens with zero attached hydrogens (tertiary/aromatic N) is 1. The van der Waals surface area contributed by atoms with Crippen LogP contribution in [0, 0.1) is 0 Å². The Balaban J connectivity index is 1.89. The number of carbonyl (C=O) groups is 1. The van der Waals surface area contributed by atoms with Crippen LogP contribution in [0.3, 0.4) is 0 Å². The maximum atomic E-state index is 12.5. The lowest BCUT2D eigenvalue weighted by Gasteiger charge is -2.09. The van der Waals surface area contributed by atoms with E-state index in [1.807, 2.05) is 24.3 Å². The molecule has 0 unspecified atom stereocenters. The van der Waals surface area contributed by atoms with Crippen molar-refractivity contribution in [2.24, 2.45) is 0 Å². The number of hydrogen-bond donors (Lipinski definition) is 2. The summed E-state index contributed by atoms with van der Waals surface area (Å²) >= 11 is 6.18. The molecule has 0 spiro atoms. The van der Waals surface area contributed by atoms with Crippen LogP contribution in [0.2, 0.25) is 5.02 Å². The van der Waals surface area contributed by atoms with E-state index in [0.29, 0.717) is 16.3 Å². The molecule has 0 aliphatic heterocycles. The van der Waals surface area contributed by atoms with E-state index in [0.717, 1.165) is 16.8 Å². The fraction of sp³-hybridized carbons (Fsp3) is 0.0526. The second kappa shape index (κ2) is 7.25. The zero-order chi connectivity index (χ0) is 16.9. The van der Waals surface area contributed by atoms with Gasteiger partial charge in [-0.2, -0.15) is 0 Å². The second-order valence-electron chi connectivity index (χ2n) is 5.22. The standard InChI is InChI=1S/C19H15ClN2O2/c20-17-8-7-14(18-6-1-2-9-21-18)11-16(17)19(24)22-15-5-3-4-13(10-15)12-23/h1-11,23H,12H2,(H,22,24). The van der Waals surface area contributed by atoms with Crippen molar-refractivity contribution in [2.45, 2.75) is 6.61 Å². The van der Waals surface area contributed by atoms with Gasteiger partial charge in [0.15, 0.2) is 0 Å². The monoisotopic (exact) mass is 338 g/mol. The van der Waals surface area contributed by atoms with Gasteiger partial charge in [-0.3, -0.25) is 9.78 Å². The van der Waals surface area contributed by atoms with Crippen molar-refractivity contribution in [3.05, 3.63) is 83.0 Å². The minimum Gasteiger partial charge on any atom is -0.392 e. The highest BCUT2D eigenvalue weighted by Gasteiger charge is 2.13. The molecule has 24 heavy (non-hydrogen) atoms. The van der Waals surface area contributed by atoms with E-state index >= 15 is 0 Å². The van der Waals surface area contributed by atoms with Crippen molar-refractivity contribution < 1.29 is 9.90 Å². The van der Waals surface area contributed by atoms with E-state index in [1.165, 1.54) is 0 Å². The van der Waals surface area contributed by atoms with Gasteiger partial charge in [-0.05, 0) is 42.0 Å². The van der Waals surface area contributed by atoms with Crippen LogP contribution >= 0.6 is 11.6 Å². The van der Waals surface area contributed by atoms with Crippen LogP contribution in [0.1, 0.15) is 15.9 Å². The third-order valence-corrected chi connectivity index (χ3v) is 3.87. The number of aliphatic hydroxyl groups is 1. The van der Waals surface area contributed by atoms with Crippen LogP contribution in [-0.4, -0.2) is 16.0 Å². The number of halogens is 1. The molecule has 0 aliphatic rings. The smallest absolute Gasteiger partial charge is 0.257 e. The van der Waals surface area contributed by atoms with Crippen LogP contribution in [0.15, 0.2) is 66.9 Å². The summed E-state index contributed by atoms with van der Waals surface area (Å²) in [6.45, 7) is -0.0837. The van der Waals surface area contributed by atoms with Crippen molar-refractivity contribution in [1.29, 1.82) is 0 Å². The first-order valence-electron chi connectivity index (χ1n) is 7.39. The van der Waals surface area contributed by atoms with Crippen LogP contribution in [0.25, 0.3) is 11.3 Å². The predicted octanol–water partition coefficient (Wildman–Crippen LogP) is 4.15. The van der Waals surface area contributed by atoms with Gasteiger partial charge in [-0.1, -0.05) is 35.9 Å². The van der Waals surface area contributed by atoms with Crippen molar-refractivity contribution in [1.82, 2.24) is 4.98 Å². The molecule has 120 valence electrons. The second-order valence-corrected chi connectivity index (χ2v) is 5.63. The van der Waals surface area contributed by atoms with E-state index < -0.39 is 0 Å². The fourth-order valence-corrected chi connectivity index (χ4v) is 2.54. The maximum Gasteiger partial charge on any atom is 0.257 e. The summed E-state index contributed by atoms with van der Waals surface area (Å²) in [4.78, 5) is 16.8. The molecule has 0 fully saturated rings. The molecule has 0 aliphatic carbocycles. The molecule has 0 radical (unpaired) electrons. The van der Waals surface area contributed by atoms with E-state index in [9.17, 15) is 9.90 Å². The average Bonchev–Trinajstić information content (AvgIpc) is 2.63. The van der Waals surface area contributed by atoms with Crippen molar-refractivity contribution in [3.63, 3.8) is 0 Å².